The summed E-state index contributed by atoms with van der Waals surface area (Å²) >= 11 is 0. The number of nitrogens with zero attached hydrogens (tertiary/aromatic N) is 3. The van der Waals surface area contributed by atoms with Gasteiger partial charge >= 0.3 is 12.1 Å². The van der Waals surface area contributed by atoms with Crippen LogP contribution in [0.25, 0.3) is 0 Å². The van der Waals surface area contributed by atoms with Crippen molar-refractivity contribution in [2.24, 2.45) is 0 Å². The summed E-state index contributed by atoms with van der Waals surface area (Å²) in [5.41, 5.74) is 0.767. The Morgan fingerprint density at radius 1 is 0.964 bits per heavy atom. The van der Waals surface area contributed by atoms with Gasteiger partial charge in [0, 0.05) is 31.9 Å². The third kappa shape index (κ3) is 3.40. The summed E-state index contributed by atoms with van der Waals surface area (Å²) in [6, 6.07) is 14.4. The molecule has 2 fully saturated rings. The van der Waals surface area contributed by atoms with Crippen LogP contribution in [-0.4, -0.2) is 66.4 Å². The summed E-state index contributed by atoms with van der Waals surface area (Å²) in [6.45, 7) is 1.59. The van der Waals surface area contributed by atoms with Crippen LogP contribution in [0.2, 0.25) is 0 Å². The molecule has 8 nitrogen and oxygen atoms in total. The molecule has 1 N–H and O–H groups in total. The van der Waals surface area contributed by atoms with Crippen LogP contribution < -0.4 is 14.4 Å². The minimum absolute atomic E-state index is 0.0844. The number of methoxy groups -OCH3 is 1. The second kappa shape index (κ2) is 7.30. The monoisotopic (exact) mass is 383 g/mol. The van der Waals surface area contributed by atoms with Crippen molar-refractivity contribution in [3.8, 4) is 17.2 Å². The molecule has 0 saturated carbocycles. The van der Waals surface area contributed by atoms with E-state index < -0.39 is 6.09 Å². The molecule has 28 heavy (non-hydrogen) atoms. The van der Waals surface area contributed by atoms with Gasteiger partial charge < -0.3 is 24.4 Å². The normalized spacial score (nSPS) is 18.8. The molecule has 0 bridgehead atoms. The van der Waals surface area contributed by atoms with Gasteiger partial charge in [0.1, 0.15) is 17.2 Å². The van der Waals surface area contributed by atoms with Crippen LogP contribution in [0.4, 0.5) is 15.3 Å². The van der Waals surface area contributed by atoms with E-state index in [1.807, 2.05) is 48.5 Å². The van der Waals surface area contributed by atoms with Gasteiger partial charge in [-0.15, -0.1) is 0 Å². The number of benzene rings is 2. The molecule has 0 aromatic heterocycles. The molecule has 0 spiro atoms. The van der Waals surface area contributed by atoms with Gasteiger partial charge in [-0.05, 0) is 48.5 Å². The maximum absolute atomic E-state index is 12.7. The fraction of sp³-hybridized carbons (Fsp3) is 0.300. The fourth-order valence-corrected chi connectivity index (χ4v) is 3.57. The molecule has 0 radical (unpaired) electrons. The number of carbonyl (C=O) groups excluding carboxylic acids is 1. The average Bonchev–Trinajstić information content (AvgIpc) is 3.05. The van der Waals surface area contributed by atoms with Crippen LogP contribution >= 0.6 is 0 Å². The summed E-state index contributed by atoms with van der Waals surface area (Å²) < 4.78 is 10.9. The molecule has 2 heterocycles. The highest BCUT2D eigenvalue weighted by molar-refractivity contribution is 5.95. The first-order valence-electron chi connectivity index (χ1n) is 9.03. The summed E-state index contributed by atoms with van der Waals surface area (Å²) in [5.74, 6) is 2.11. The second-order valence-electron chi connectivity index (χ2n) is 6.74. The van der Waals surface area contributed by atoms with Gasteiger partial charge in [-0.2, -0.15) is 0 Å². The van der Waals surface area contributed by atoms with Gasteiger partial charge in [-0.25, -0.2) is 9.59 Å². The Morgan fingerprint density at radius 2 is 1.57 bits per heavy atom. The van der Waals surface area contributed by atoms with Crippen molar-refractivity contribution < 1.29 is 24.2 Å². The summed E-state index contributed by atoms with van der Waals surface area (Å²) in [7, 11) is 1.61. The van der Waals surface area contributed by atoms with Crippen molar-refractivity contribution in [3.05, 3.63) is 48.5 Å². The van der Waals surface area contributed by atoms with E-state index >= 15 is 0 Å². The first-order chi connectivity index (χ1) is 13.5. The minimum atomic E-state index is -0.939. The second-order valence-corrected chi connectivity index (χ2v) is 6.74. The van der Waals surface area contributed by atoms with Crippen LogP contribution in [0, 0.1) is 0 Å². The van der Waals surface area contributed by atoms with Gasteiger partial charge in [0.15, 0.2) is 0 Å². The van der Waals surface area contributed by atoms with Crippen LogP contribution in [0.5, 0.6) is 17.2 Å². The number of hydrogen-bond donors (Lipinski definition) is 1. The van der Waals surface area contributed by atoms with Crippen molar-refractivity contribution in [1.29, 1.82) is 0 Å². The Balaban J connectivity index is 1.43. The highest BCUT2D eigenvalue weighted by atomic mass is 16.5. The molecule has 1 atom stereocenters. The van der Waals surface area contributed by atoms with Gasteiger partial charge in [-0.3, -0.25) is 4.90 Å². The standard InChI is InChI=1S/C20H21N3O5/c1-27-16-6-8-18(9-7-16)28-17-4-2-14(3-5-17)23-13-15-12-21(20(25)26)10-11-22(15)19(23)24/h2-9,15H,10-13H2,1H3,(H,25,26)/t15-/m0/s1. The molecule has 2 aromatic carbocycles. The zero-order valence-corrected chi connectivity index (χ0v) is 15.4. The van der Waals surface area contributed by atoms with Crippen LogP contribution in [0.1, 0.15) is 0 Å². The number of anilines is 1. The highest BCUT2D eigenvalue weighted by Crippen LogP contribution is 2.30. The first kappa shape index (κ1) is 18.0. The average molecular weight is 383 g/mol. The maximum Gasteiger partial charge on any atom is 0.407 e. The first-order valence-corrected chi connectivity index (χ1v) is 9.03. The molecule has 0 unspecified atom stereocenters. The van der Waals surface area contributed by atoms with Crippen LogP contribution in [0.3, 0.4) is 0 Å². The Bertz CT molecular complexity index is 868. The van der Waals surface area contributed by atoms with Gasteiger partial charge in [0.25, 0.3) is 0 Å². The van der Waals surface area contributed by atoms with E-state index in [-0.39, 0.29) is 12.1 Å². The van der Waals surface area contributed by atoms with E-state index in [0.717, 1.165) is 11.4 Å². The molecule has 146 valence electrons. The quantitative estimate of drug-likeness (QED) is 0.877. The maximum atomic E-state index is 12.7. The zero-order valence-electron chi connectivity index (χ0n) is 15.4. The van der Waals surface area contributed by atoms with E-state index in [0.29, 0.717) is 37.7 Å². The topological polar surface area (TPSA) is 82.6 Å². The lowest BCUT2D eigenvalue weighted by Crippen LogP contribution is -2.53. The van der Waals surface area contributed by atoms with E-state index in [1.54, 1.807) is 16.9 Å². The zero-order chi connectivity index (χ0) is 19.7. The van der Waals surface area contributed by atoms with Gasteiger partial charge in [0.2, 0.25) is 0 Å². The minimum Gasteiger partial charge on any atom is -0.497 e. The van der Waals surface area contributed by atoms with Gasteiger partial charge in [-0.1, -0.05) is 0 Å². The molecule has 2 saturated heterocycles. The molecular formula is C20H21N3O5. The van der Waals surface area contributed by atoms with Crippen molar-refractivity contribution in [3.63, 3.8) is 0 Å². The summed E-state index contributed by atoms with van der Waals surface area (Å²) in [5, 5.41) is 9.18. The largest absolute Gasteiger partial charge is 0.497 e. The number of carbonyl (C=O) groups is 2. The third-order valence-electron chi connectivity index (χ3n) is 5.07. The molecule has 2 aromatic rings. The fourth-order valence-electron chi connectivity index (χ4n) is 3.57. The lowest BCUT2D eigenvalue weighted by atomic mass is 10.2. The van der Waals surface area contributed by atoms with Gasteiger partial charge in [0.05, 0.1) is 13.2 Å². The summed E-state index contributed by atoms with van der Waals surface area (Å²) in [4.78, 5) is 28.7. The van der Waals surface area contributed by atoms with Crippen molar-refractivity contribution in [2.75, 3.05) is 38.2 Å². The van der Waals surface area contributed by atoms with Crippen molar-refractivity contribution in [2.45, 2.75) is 6.04 Å². The van der Waals surface area contributed by atoms with Crippen LogP contribution in [-0.2, 0) is 0 Å². The molecule has 4 rings (SSSR count). The Morgan fingerprint density at radius 3 is 2.18 bits per heavy atom. The van der Waals surface area contributed by atoms with E-state index in [2.05, 4.69) is 0 Å². The van der Waals surface area contributed by atoms with E-state index in [9.17, 15) is 14.7 Å². The molecular weight excluding hydrogens is 362 g/mol. The molecule has 8 heteroatoms. The number of fused-ring (bicyclic) bond motifs is 1. The van der Waals surface area contributed by atoms with Crippen molar-refractivity contribution in [1.82, 2.24) is 9.80 Å². The number of hydrogen-bond acceptors (Lipinski definition) is 4. The number of rotatable bonds is 4. The number of carboxylic acid groups (broad SMARTS) is 1. The number of amides is 3. The lowest BCUT2D eigenvalue weighted by Gasteiger charge is -2.34. The third-order valence-corrected chi connectivity index (χ3v) is 5.07. The molecule has 0 aliphatic carbocycles. The summed E-state index contributed by atoms with van der Waals surface area (Å²) in [6.07, 6.45) is -0.939. The predicted molar refractivity (Wildman–Crippen MR) is 102 cm³/mol. The SMILES string of the molecule is COc1ccc(Oc2ccc(N3C[C@@H]4CN(C(=O)O)CCN4C3=O)cc2)cc1. The smallest absolute Gasteiger partial charge is 0.407 e. The molecule has 2 aliphatic heterocycles. The van der Waals surface area contributed by atoms with Crippen molar-refractivity contribution >= 4 is 17.8 Å². The van der Waals surface area contributed by atoms with E-state index in [1.165, 1.54) is 4.90 Å². The van der Waals surface area contributed by atoms with E-state index in [4.69, 9.17) is 9.47 Å². The molecule has 3 amide bonds. The highest BCUT2D eigenvalue weighted by Gasteiger charge is 2.42. The number of piperazine rings is 1. The Hall–Kier alpha value is -3.42. The lowest BCUT2D eigenvalue weighted by molar-refractivity contribution is 0.0997. The Kier molecular flexibility index (Phi) is 4.68. The number of ether oxygens (including phenoxy) is 2. The van der Waals surface area contributed by atoms with Crippen LogP contribution in [0.15, 0.2) is 48.5 Å². The Labute approximate surface area is 162 Å². The molecule has 2 aliphatic rings. The number of urea groups is 1. The predicted octanol–water partition coefficient (Wildman–Crippen LogP) is 3.09.